The summed E-state index contributed by atoms with van der Waals surface area (Å²) in [6.45, 7) is 5.98. The first-order chi connectivity index (χ1) is 8.97. The van der Waals surface area contributed by atoms with Crippen molar-refractivity contribution in [2.24, 2.45) is 11.7 Å². The number of carbonyl (C=O) groups is 2. The maximum Gasteiger partial charge on any atom is 0.405 e. The van der Waals surface area contributed by atoms with Gasteiger partial charge >= 0.3 is 6.09 Å². The number of hydrogen-bond donors (Lipinski definition) is 1. The van der Waals surface area contributed by atoms with Gasteiger partial charge in [-0.25, -0.2) is 4.79 Å². The molecule has 2 amide bonds. The molecule has 0 bridgehead atoms. The van der Waals surface area contributed by atoms with Crippen molar-refractivity contribution in [1.29, 1.82) is 0 Å². The lowest BCUT2D eigenvalue weighted by Gasteiger charge is -2.27. The van der Waals surface area contributed by atoms with E-state index in [-0.39, 0.29) is 11.8 Å². The summed E-state index contributed by atoms with van der Waals surface area (Å²) in [6.07, 6.45) is -1.80. The van der Waals surface area contributed by atoms with Gasteiger partial charge in [0.05, 0.1) is 0 Å². The van der Waals surface area contributed by atoms with E-state index in [0.717, 1.165) is 5.69 Å². The lowest BCUT2D eigenvalue weighted by Crippen LogP contribution is -2.44. The van der Waals surface area contributed by atoms with Gasteiger partial charge in [0.1, 0.15) is 0 Å². The second-order valence-corrected chi connectivity index (χ2v) is 4.52. The predicted octanol–water partition coefficient (Wildman–Crippen LogP) is 2.16. The van der Waals surface area contributed by atoms with Crippen LogP contribution in [0.25, 0.3) is 0 Å². The van der Waals surface area contributed by atoms with E-state index in [4.69, 9.17) is 10.5 Å². The second kappa shape index (κ2) is 6.78. The van der Waals surface area contributed by atoms with Crippen molar-refractivity contribution in [2.45, 2.75) is 26.9 Å². The highest BCUT2D eigenvalue weighted by atomic mass is 16.6. The van der Waals surface area contributed by atoms with Crippen molar-refractivity contribution in [3.8, 4) is 0 Å². The first-order valence-corrected chi connectivity index (χ1v) is 6.29. The third-order valence-corrected chi connectivity index (χ3v) is 2.74. The Kier molecular flexibility index (Phi) is 5.36. The molecule has 0 aromatic heterocycles. The molecule has 104 valence electrons. The highest BCUT2D eigenvalue weighted by molar-refractivity contribution is 5.97. The largest absolute Gasteiger partial charge is 0.436 e. The molecule has 1 atom stereocenters. The summed E-state index contributed by atoms with van der Waals surface area (Å²) < 4.78 is 4.93. The standard InChI is InChI=1S/C14H20N2O3/c1-4-16(11-8-6-5-7-9-11)13(17)12(10(2)3)19-14(15)18/h5-10,12H,4H2,1-3H3,(H2,15,18). The van der Waals surface area contributed by atoms with Gasteiger partial charge in [0, 0.05) is 12.2 Å². The summed E-state index contributed by atoms with van der Waals surface area (Å²) in [4.78, 5) is 24.9. The van der Waals surface area contributed by atoms with Crippen LogP contribution in [0, 0.1) is 5.92 Å². The molecule has 1 aromatic carbocycles. The summed E-state index contributed by atoms with van der Waals surface area (Å²) in [5.41, 5.74) is 5.79. The molecule has 5 heteroatoms. The lowest BCUT2D eigenvalue weighted by molar-refractivity contribution is -0.128. The van der Waals surface area contributed by atoms with Crippen LogP contribution in [0.2, 0.25) is 0 Å². The Morgan fingerprint density at radius 2 is 1.84 bits per heavy atom. The fourth-order valence-electron chi connectivity index (χ4n) is 1.82. The number of likely N-dealkylation sites (N-methyl/N-ethyl adjacent to an activating group) is 1. The number of nitrogens with two attached hydrogens (primary N) is 1. The molecule has 1 aromatic rings. The Morgan fingerprint density at radius 1 is 1.26 bits per heavy atom. The molecule has 0 fully saturated rings. The van der Waals surface area contributed by atoms with E-state index in [1.54, 1.807) is 4.90 Å². The van der Waals surface area contributed by atoms with E-state index in [2.05, 4.69) is 0 Å². The number of amides is 2. The van der Waals surface area contributed by atoms with Crippen LogP contribution in [-0.2, 0) is 9.53 Å². The zero-order valence-corrected chi connectivity index (χ0v) is 11.5. The van der Waals surface area contributed by atoms with Gasteiger partial charge in [0.25, 0.3) is 5.91 Å². The molecular weight excluding hydrogens is 244 g/mol. The zero-order valence-electron chi connectivity index (χ0n) is 11.5. The van der Waals surface area contributed by atoms with Gasteiger partial charge < -0.3 is 15.4 Å². The molecule has 0 aliphatic heterocycles. The quantitative estimate of drug-likeness (QED) is 0.885. The van der Waals surface area contributed by atoms with E-state index >= 15 is 0 Å². The van der Waals surface area contributed by atoms with Crippen LogP contribution in [-0.4, -0.2) is 24.6 Å². The average Bonchev–Trinajstić information content (AvgIpc) is 2.37. The minimum absolute atomic E-state index is 0.141. The molecule has 0 spiro atoms. The van der Waals surface area contributed by atoms with Crippen LogP contribution < -0.4 is 10.6 Å². The van der Waals surface area contributed by atoms with E-state index in [9.17, 15) is 9.59 Å². The normalized spacial score (nSPS) is 12.0. The van der Waals surface area contributed by atoms with Gasteiger partial charge in [0.15, 0.2) is 6.10 Å². The molecule has 0 heterocycles. The second-order valence-electron chi connectivity index (χ2n) is 4.52. The van der Waals surface area contributed by atoms with Crippen LogP contribution in [0.1, 0.15) is 20.8 Å². The van der Waals surface area contributed by atoms with E-state index in [1.807, 2.05) is 51.1 Å². The monoisotopic (exact) mass is 264 g/mol. The lowest BCUT2D eigenvalue weighted by atomic mass is 10.1. The molecule has 5 nitrogen and oxygen atoms in total. The maximum atomic E-state index is 12.4. The summed E-state index contributed by atoms with van der Waals surface area (Å²) in [5, 5.41) is 0. The van der Waals surface area contributed by atoms with Crippen LogP contribution in [0.5, 0.6) is 0 Å². The number of nitrogens with zero attached hydrogens (tertiary/aromatic N) is 1. The Hall–Kier alpha value is -2.04. The summed E-state index contributed by atoms with van der Waals surface area (Å²) in [7, 11) is 0. The molecule has 1 rings (SSSR count). The van der Waals surface area contributed by atoms with E-state index in [1.165, 1.54) is 0 Å². The minimum atomic E-state index is -0.934. The van der Waals surface area contributed by atoms with Gasteiger partial charge in [-0.1, -0.05) is 32.0 Å². The van der Waals surface area contributed by atoms with Gasteiger partial charge in [-0.15, -0.1) is 0 Å². The molecule has 0 aliphatic rings. The van der Waals surface area contributed by atoms with Crippen molar-refractivity contribution in [1.82, 2.24) is 0 Å². The Labute approximate surface area is 113 Å². The van der Waals surface area contributed by atoms with Gasteiger partial charge in [-0.05, 0) is 25.0 Å². The fraction of sp³-hybridized carbons (Fsp3) is 0.429. The third kappa shape index (κ3) is 3.98. The number of rotatable bonds is 5. The molecule has 19 heavy (non-hydrogen) atoms. The minimum Gasteiger partial charge on any atom is -0.436 e. The average molecular weight is 264 g/mol. The van der Waals surface area contributed by atoms with Crippen molar-refractivity contribution in [3.05, 3.63) is 30.3 Å². The number of hydrogen-bond acceptors (Lipinski definition) is 3. The van der Waals surface area contributed by atoms with Gasteiger partial charge in [-0.3, -0.25) is 4.79 Å². The predicted molar refractivity (Wildman–Crippen MR) is 73.8 cm³/mol. The summed E-state index contributed by atoms with van der Waals surface area (Å²) >= 11 is 0. The fourth-order valence-corrected chi connectivity index (χ4v) is 1.82. The topological polar surface area (TPSA) is 72.6 Å². The Morgan fingerprint density at radius 3 is 2.26 bits per heavy atom. The van der Waals surface area contributed by atoms with Crippen LogP contribution in [0.4, 0.5) is 10.5 Å². The summed E-state index contributed by atoms with van der Waals surface area (Å²) in [6, 6.07) is 9.25. The number of benzene rings is 1. The van der Waals surface area contributed by atoms with Crippen molar-refractivity contribution < 1.29 is 14.3 Å². The highest BCUT2D eigenvalue weighted by Gasteiger charge is 2.30. The molecule has 0 aliphatic carbocycles. The molecule has 0 saturated heterocycles. The van der Waals surface area contributed by atoms with Gasteiger partial charge in [0.2, 0.25) is 0 Å². The van der Waals surface area contributed by atoms with E-state index in [0.29, 0.717) is 6.54 Å². The number of para-hydroxylation sites is 1. The Balaban J connectivity index is 2.96. The number of primary amides is 1. The first kappa shape index (κ1) is 15.0. The van der Waals surface area contributed by atoms with Crippen LogP contribution >= 0.6 is 0 Å². The molecule has 2 N–H and O–H groups in total. The molecule has 0 radical (unpaired) electrons. The van der Waals surface area contributed by atoms with E-state index < -0.39 is 12.2 Å². The number of anilines is 1. The molecule has 0 saturated carbocycles. The van der Waals surface area contributed by atoms with Crippen LogP contribution in [0.15, 0.2) is 30.3 Å². The van der Waals surface area contributed by atoms with Crippen molar-refractivity contribution >= 4 is 17.7 Å². The summed E-state index contributed by atoms with van der Waals surface area (Å²) in [5.74, 6) is -0.403. The smallest absolute Gasteiger partial charge is 0.405 e. The SMILES string of the molecule is CCN(C(=O)C(OC(N)=O)C(C)C)c1ccccc1. The first-order valence-electron chi connectivity index (χ1n) is 6.29. The maximum absolute atomic E-state index is 12.4. The van der Waals surface area contributed by atoms with Crippen molar-refractivity contribution in [3.63, 3.8) is 0 Å². The molecule has 1 unspecified atom stereocenters. The Bertz CT molecular complexity index is 432. The molecular formula is C14H20N2O3. The third-order valence-electron chi connectivity index (χ3n) is 2.74. The van der Waals surface area contributed by atoms with Gasteiger partial charge in [-0.2, -0.15) is 0 Å². The highest BCUT2D eigenvalue weighted by Crippen LogP contribution is 2.18. The zero-order chi connectivity index (χ0) is 14.4. The van der Waals surface area contributed by atoms with Crippen molar-refractivity contribution in [2.75, 3.05) is 11.4 Å². The number of ether oxygens (including phenoxy) is 1. The number of carbonyl (C=O) groups excluding carboxylic acids is 2. The van der Waals surface area contributed by atoms with Crippen LogP contribution in [0.3, 0.4) is 0 Å².